The van der Waals surface area contributed by atoms with Gasteiger partial charge in [0.2, 0.25) is 0 Å². The van der Waals surface area contributed by atoms with Gasteiger partial charge in [-0.15, -0.1) is 0 Å². The highest BCUT2D eigenvalue weighted by molar-refractivity contribution is 5.59. The second kappa shape index (κ2) is 9.38. The maximum absolute atomic E-state index is 6.23. The van der Waals surface area contributed by atoms with E-state index in [-0.39, 0.29) is 11.7 Å². The largest absolute Gasteiger partial charge is 0.310 e. The Bertz CT molecular complexity index is 263. The third kappa shape index (κ3) is 5.43. The minimum Gasteiger partial charge on any atom is -0.310 e. The van der Waals surface area contributed by atoms with Crippen molar-refractivity contribution >= 4 is 6.21 Å². The molecule has 1 aliphatic heterocycles. The summed E-state index contributed by atoms with van der Waals surface area (Å²) in [7, 11) is 0. The summed E-state index contributed by atoms with van der Waals surface area (Å²) in [6, 6.07) is 0. The molecule has 0 bridgehead atoms. The SMILES string of the molecule is CCCCCCC(C)(CCCCCC)N1N=CCC1N. The first-order valence-electron chi connectivity index (χ1n) is 8.71. The summed E-state index contributed by atoms with van der Waals surface area (Å²) < 4.78 is 0. The zero-order valence-corrected chi connectivity index (χ0v) is 13.9. The van der Waals surface area contributed by atoms with Gasteiger partial charge in [0.05, 0.1) is 11.7 Å². The number of nitrogens with two attached hydrogens (primary N) is 1. The molecule has 1 unspecified atom stereocenters. The van der Waals surface area contributed by atoms with Gasteiger partial charge in [0, 0.05) is 12.6 Å². The lowest BCUT2D eigenvalue weighted by Crippen LogP contribution is -2.50. The van der Waals surface area contributed by atoms with Crippen molar-refractivity contribution in [2.24, 2.45) is 10.8 Å². The first-order valence-corrected chi connectivity index (χ1v) is 8.71. The summed E-state index contributed by atoms with van der Waals surface area (Å²) in [4.78, 5) is 0. The third-order valence-corrected chi connectivity index (χ3v) is 4.56. The smallest absolute Gasteiger partial charge is 0.0996 e. The molecule has 0 radical (unpaired) electrons. The topological polar surface area (TPSA) is 41.6 Å². The summed E-state index contributed by atoms with van der Waals surface area (Å²) in [5.74, 6) is 0. The maximum atomic E-state index is 6.23. The standard InChI is InChI=1S/C17H35N3/c1-4-6-8-10-13-17(3,14-11-9-7-5-2)20-16(18)12-15-19-20/h15-16H,4-14,18H2,1-3H3. The van der Waals surface area contributed by atoms with Crippen LogP contribution in [0.3, 0.4) is 0 Å². The number of hydrogen-bond donors (Lipinski definition) is 1. The molecule has 3 heteroatoms. The van der Waals surface area contributed by atoms with Crippen LogP contribution in [-0.2, 0) is 0 Å². The first-order chi connectivity index (χ1) is 9.64. The fraction of sp³-hybridized carbons (Fsp3) is 0.941. The Kier molecular flexibility index (Phi) is 8.20. The molecule has 20 heavy (non-hydrogen) atoms. The van der Waals surface area contributed by atoms with E-state index in [1.165, 1.54) is 64.2 Å². The lowest BCUT2D eigenvalue weighted by Gasteiger charge is -2.40. The lowest BCUT2D eigenvalue weighted by molar-refractivity contribution is 0.0557. The van der Waals surface area contributed by atoms with Crippen molar-refractivity contribution < 1.29 is 0 Å². The van der Waals surface area contributed by atoms with Gasteiger partial charge in [0.25, 0.3) is 0 Å². The second-order valence-electron chi connectivity index (χ2n) is 6.56. The predicted molar refractivity (Wildman–Crippen MR) is 88.8 cm³/mol. The molecule has 1 aliphatic rings. The van der Waals surface area contributed by atoms with Crippen LogP contribution >= 0.6 is 0 Å². The molecule has 2 N–H and O–H groups in total. The van der Waals surface area contributed by atoms with Gasteiger partial charge >= 0.3 is 0 Å². The van der Waals surface area contributed by atoms with Gasteiger partial charge < -0.3 is 5.73 Å². The van der Waals surface area contributed by atoms with Crippen molar-refractivity contribution in [3.8, 4) is 0 Å². The van der Waals surface area contributed by atoms with Crippen LogP contribution in [0, 0.1) is 0 Å². The number of nitrogens with zero attached hydrogens (tertiary/aromatic N) is 2. The van der Waals surface area contributed by atoms with E-state index in [9.17, 15) is 0 Å². The van der Waals surface area contributed by atoms with Gasteiger partial charge in [0.15, 0.2) is 0 Å². The molecule has 0 saturated carbocycles. The quantitative estimate of drug-likeness (QED) is 0.559. The summed E-state index contributed by atoms with van der Waals surface area (Å²) in [6.45, 7) is 6.91. The molecule has 0 aromatic rings. The van der Waals surface area contributed by atoms with E-state index in [1.54, 1.807) is 0 Å². The average Bonchev–Trinajstić information content (AvgIpc) is 2.87. The van der Waals surface area contributed by atoms with Gasteiger partial charge in [0.1, 0.15) is 0 Å². The molecule has 0 aliphatic carbocycles. The van der Waals surface area contributed by atoms with Crippen molar-refractivity contribution in [1.82, 2.24) is 5.01 Å². The van der Waals surface area contributed by atoms with Crippen molar-refractivity contribution in [1.29, 1.82) is 0 Å². The summed E-state index contributed by atoms with van der Waals surface area (Å²) >= 11 is 0. The third-order valence-electron chi connectivity index (χ3n) is 4.56. The van der Waals surface area contributed by atoms with Gasteiger partial charge in [-0.3, -0.25) is 5.01 Å². The molecule has 0 spiro atoms. The van der Waals surface area contributed by atoms with Crippen LogP contribution in [0.2, 0.25) is 0 Å². The van der Waals surface area contributed by atoms with E-state index in [0.29, 0.717) is 0 Å². The van der Waals surface area contributed by atoms with E-state index in [2.05, 4.69) is 30.9 Å². The molecule has 1 rings (SSSR count). The number of hydrogen-bond acceptors (Lipinski definition) is 3. The lowest BCUT2D eigenvalue weighted by atomic mass is 9.87. The van der Waals surface area contributed by atoms with Crippen molar-refractivity contribution in [2.45, 2.75) is 103 Å². The summed E-state index contributed by atoms with van der Waals surface area (Å²) in [5, 5.41) is 6.77. The Labute approximate surface area is 126 Å². The Morgan fingerprint density at radius 2 is 1.60 bits per heavy atom. The molecule has 0 saturated heterocycles. The molecule has 3 nitrogen and oxygen atoms in total. The fourth-order valence-corrected chi connectivity index (χ4v) is 3.19. The Morgan fingerprint density at radius 3 is 2.00 bits per heavy atom. The van der Waals surface area contributed by atoms with E-state index in [4.69, 9.17) is 5.73 Å². The van der Waals surface area contributed by atoms with E-state index >= 15 is 0 Å². The molecule has 118 valence electrons. The molecule has 0 aromatic heterocycles. The summed E-state index contributed by atoms with van der Waals surface area (Å²) in [5.41, 5.74) is 6.39. The van der Waals surface area contributed by atoms with Crippen LogP contribution in [0.1, 0.15) is 91.4 Å². The van der Waals surface area contributed by atoms with E-state index in [0.717, 1.165) is 6.42 Å². The van der Waals surface area contributed by atoms with Crippen LogP contribution in [0.25, 0.3) is 0 Å². The van der Waals surface area contributed by atoms with Crippen LogP contribution in [0.5, 0.6) is 0 Å². The monoisotopic (exact) mass is 281 g/mol. The van der Waals surface area contributed by atoms with Crippen molar-refractivity contribution in [3.63, 3.8) is 0 Å². The van der Waals surface area contributed by atoms with Crippen LogP contribution in [0.15, 0.2) is 5.10 Å². The van der Waals surface area contributed by atoms with Crippen LogP contribution < -0.4 is 5.73 Å². The number of unbranched alkanes of at least 4 members (excludes halogenated alkanes) is 6. The zero-order valence-electron chi connectivity index (χ0n) is 13.9. The normalized spacial score (nSPS) is 19.0. The van der Waals surface area contributed by atoms with Crippen LogP contribution in [-0.4, -0.2) is 22.9 Å². The zero-order chi connectivity index (χ0) is 14.8. The number of rotatable bonds is 11. The van der Waals surface area contributed by atoms with Crippen LogP contribution in [0.4, 0.5) is 0 Å². The second-order valence-corrected chi connectivity index (χ2v) is 6.56. The van der Waals surface area contributed by atoms with Gasteiger partial charge in [-0.1, -0.05) is 65.2 Å². The molecule has 0 amide bonds. The van der Waals surface area contributed by atoms with E-state index in [1.807, 2.05) is 6.21 Å². The Balaban J connectivity index is 2.50. The fourth-order valence-electron chi connectivity index (χ4n) is 3.19. The molecule has 0 fully saturated rings. The maximum Gasteiger partial charge on any atom is 0.0996 e. The van der Waals surface area contributed by atoms with Crippen molar-refractivity contribution in [3.05, 3.63) is 0 Å². The minimum absolute atomic E-state index is 0.0948. The highest BCUT2D eigenvalue weighted by Crippen LogP contribution is 2.32. The molecule has 1 heterocycles. The molecule has 1 atom stereocenters. The minimum atomic E-state index is 0.0948. The Morgan fingerprint density at radius 1 is 1.05 bits per heavy atom. The highest BCUT2D eigenvalue weighted by atomic mass is 15.5. The van der Waals surface area contributed by atoms with Gasteiger partial charge in [-0.05, 0) is 19.8 Å². The highest BCUT2D eigenvalue weighted by Gasteiger charge is 2.35. The molecular formula is C17H35N3. The number of hydrazone groups is 1. The van der Waals surface area contributed by atoms with E-state index < -0.39 is 0 Å². The summed E-state index contributed by atoms with van der Waals surface area (Å²) in [6.07, 6.45) is 16.0. The predicted octanol–water partition coefficient (Wildman–Crippen LogP) is 4.66. The van der Waals surface area contributed by atoms with Gasteiger partial charge in [-0.25, -0.2) is 0 Å². The van der Waals surface area contributed by atoms with Gasteiger partial charge in [-0.2, -0.15) is 5.10 Å². The molecule has 0 aromatic carbocycles. The molecular weight excluding hydrogens is 246 g/mol. The van der Waals surface area contributed by atoms with Crippen molar-refractivity contribution in [2.75, 3.05) is 0 Å². The Hall–Kier alpha value is -0.570. The average molecular weight is 281 g/mol. The first kappa shape index (κ1) is 17.5.